The number of hydrogen-bond acceptors (Lipinski definition) is 3. The zero-order chi connectivity index (χ0) is 15.4. The molecule has 0 spiro atoms. The van der Waals surface area contributed by atoms with E-state index in [1.54, 1.807) is 31.4 Å². The van der Waals surface area contributed by atoms with Gasteiger partial charge in [-0.25, -0.2) is 4.79 Å². The number of hydrogen-bond donors (Lipinski definition) is 2. The van der Waals surface area contributed by atoms with E-state index < -0.39 is 0 Å². The molecule has 0 fully saturated rings. The van der Waals surface area contributed by atoms with Gasteiger partial charge in [0, 0.05) is 37.4 Å². The van der Waals surface area contributed by atoms with Gasteiger partial charge in [0.15, 0.2) is 0 Å². The molecular formula is C15H19N3O3. The average Bonchev–Trinajstić information content (AvgIpc) is 2.49. The highest BCUT2D eigenvalue weighted by Crippen LogP contribution is 2.16. The van der Waals surface area contributed by atoms with Gasteiger partial charge in [0.05, 0.1) is 6.61 Å². The minimum atomic E-state index is -0.293. The van der Waals surface area contributed by atoms with Crippen LogP contribution in [-0.2, 0) is 7.05 Å². The number of anilines is 1. The average molecular weight is 289 g/mol. The van der Waals surface area contributed by atoms with Gasteiger partial charge in [-0.05, 0) is 30.5 Å². The van der Waals surface area contributed by atoms with Crippen LogP contribution in [0.3, 0.4) is 0 Å². The number of amides is 2. The third kappa shape index (κ3) is 3.22. The summed E-state index contributed by atoms with van der Waals surface area (Å²) in [6.07, 6.45) is 1.71. The minimum absolute atomic E-state index is 0.0838. The van der Waals surface area contributed by atoms with Crippen molar-refractivity contribution >= 4 is 22.5 Å². The highest BCUT2D eigenvalue weighted by Gasteiger charge is 2.11. The Labute approximate surface area is 122 Å². The number of rotatable bonds is 4. The van der Waals surface area contributed by atoms with Crippen LogP contribution in [0.2, 0.25) is 0 Å². The van der Waals surface area contributed by atoms with Crippen LogP contribution in [0.15, 0.2) is 35.3 Å². The second kappa shape index (κ2) is 6.41. The van der Waals surface area contributed by atoms with E-state index in [1.165, 1.54) is 9.47 Å². The van der Waals surface area contributed by atoms with Crippen LogP contribution in [-0.4, -0.2) is 40.3 Å². The summed E-state index contributed by atoms with van der Waals surface area (Å²) in [6, 6.07) is 6.79. The van der Waals surface area contributed by atoms with Crippen LogP contribution in [0.5, 0.6) is 0 Å². The molecule has 0 saturated carbocycles. The van der Waals surface area contributed by atoms with Gasteiger partial charge in [0.2, 0.25) is 0 Å². The third-order valence-corrected chi connectivity index (χ3v) is 3.37. The van der Waals surface area contributed by atoms with Crippen molar-refractivity contribution < 1.29 is 9.90 Å². The smallest absolute Gasteiger partial charge is 0.321 e. The molecule has 0 radical (unpaired) electrons. The lowest BCUT2D eigenvalue weighted by Crippen LogP contribution is -2.36. The van der Waals surface area contributed by atoms with E-state index in [4.69, 9.17) is 5.11 Å². The number of aliphatic hydroxyl groups excluding tert-OH is 1. The van der Waals surface area contributed by atoms with Crippen molar-refractivity contribution in [3.63, 3.8) is 0 Å². The fourth-order valence-corrected chi connectivity index (χ4v) is 2.14. The molecule has 0 aliphatic carbocycles. The lowest BCUT2D eigenvalue weighted by Gasteiger charge is -2.20. The van der Waals surface area contributed by atoms with Crippen molar-refractivity contribution in [2.24, 2.45) is 7.05 Å². The van der Waals surface area contributed by atoms with Gasteiger partial charge < -0.3 is 19.9 Å². The highest BCUT2D eigenvalue weighted by molar-refractivity contribution is 5.93. The van der Waals surface area contributed by atoms with Crippen molar-refractivity contribution in [3.8, 4) is 0 Å². The molecule has 0 atom stereocenters. The molecule has 1 aromatic heterocycles. The van der Waals surface area contributed by atoms with Crippen LogP contribution in [0, 0.1) is 0 Å². The van der Waals surface area contributed by atoms with Crippen molar-refractivity contribution in [1.82, 2.24) is 9.47 Å². The molecule has 1 aromatic carbocycles. The molecule has 0 bridgehead atoms. The maximum Gasteiger partial charge on any atom is 0.321 e. The molecule has 21 heavy (non-hydrogen) atoms. The Morgan fingerprint density at radius 3 is 2.81 bits per heavy atom. The van der Waals surface area contributed by atoms with E-state index in [2.05, 4.69) is 5.32 Å². The number of carbonyl (C=O) groups excluding carboxylic acids is 1. The fourth-order valence-electron chi connectivity index (χ4n) is 2.14. The Hall–Kier alpha value is -2.34. The molecule has 112 valence electrons. The summed E-state index contributed by atoms with van der Waals surface area (Å²) in [7, 11) is 1.69. The summed E-state index contributed by atoms with van der Waals surface area (Å²) in [4.78, 5) is 25.6. The van der Waals surface area contributed by atoms with E-state index >= 15 is 0 Å². The van der Waals surface area contributed by atoms with Crippen LogP contribution < -0.4 is 10.9 Å². The maximum atomic E-state index is 12.1. The van der Waals surface area contributed by atoms with Crippen LogP contribution in [0.1, 0.15) is 6.92 Å². The molecule has 6 nitrogen and oxygen atoms in total. The van der Waals surface area contributed by atoms with E-state index in [9.17, 15) is 9.59 Å². The van der Waals surface area contributed by atoms with Crippen LogP contribution >= 0.6 is 0 Å². The number of pyridine rings is 1. The fraction of sp³-hybridized carbons (Fsp3) is 0.333. The van der Waals surface area contributed by atoms with E-state index in [1.807, 2.05) is 13.0 Å². The molecule has 2 rings (SSSR count). The van der Waals surface area contributed by atoms with Crippen LogP contribution in [0.4, 0.5) is 10.5 Å². The maximum absolute atomic E-state index is 12.1. The number of benzene rings is 1. The lowest BCUT2D eigenvalue weighted by molar-refractivity contribution is 0.192. The first kappa shape index (κ1) is 15.1. The molecule has 1 heterocycles. The largest absolute Gasteiger partial charge is 0.395 e. The highest BCUT2D eigenvalue weighted by atomic mass is 16.3. The predicted molar refractivity (Wildman–Crippen MR) is 82.5 cm³/mol. The summed E-state index contributed by atoms with van der Waals surface area (Å²) >= 11 is 0. The van der Waals surface area contributed by atoms with E-state index in [0.717, 1.165) is 5.39 Å². The number of aromatic nitrogens is 1. The monoisotopic (exact) mass is 289 g/mol. The molecular weight excluding hydrogens is 270 g/mol. The summed E-state index contributed by atoms with van der Waals surface area (Å²) in [5.74, 6) is 0. The number of aliphatic hydroxyl groups is 1. The molecule has 0 saturated heterocycles. The van der Waals surface area contributed by atoms with Gasteiger partial charge in [-0.15, -0.1) is 0 Å². The summed E-state index contributed by atoms with van der Waals surface area (Å²) in [5.41, 5.74) is 0.457. The van der Waals surface area contributed by atoms with Crippen LogP contribution in [0.25, 0.3) is 10.8 Å². The molecule has 6 heteroatoms. The molecule has 2 amide bonds. The molecule has 2 N–H and O–H groups in total. The first-order chi connectivity index (χ1) is 10.1. The number of urea groups is 1. The Kier molecular flexibility index (Phi) is 4.59. The first-order valence-electron chi connectivity index (χ1n) is 6.83. The number of nitrogens with one attached hydrogen (secondary N) is 1. The SMILES string of the molecule is CCN(CCO)C(=O)Nc1ccc2ccn(C)c(=O)c2c1. The number of fused-ring (bicyclic) bond motifs is 1. The van der Waals surface area contributed by atoms with Gasteiger partial charge in [0.1, 0.15) is 0 Å². The minimum Gasteiger partial charge on any atom is -0.395 e. The predicted octanol–water partition coefficient (Wildman–Crippen LogP) is 1.38. The summed E-state index contributed by atoms with van der Waals surface area (Å²) in [5, 5.41) is 13.1. The van der Waals surface area contributed by atoms with Gasteiger partial charge >= 0.3 is 6.03 Å². The zero-order valence-corrected chi connectivity index (χ0v) is 12.2. The topological polar surface area (TPSA) is 74.6 Å². The first-order valence-corrected chi connectivity index (χ1v) is 6.83. The number of likely N-dealkylation sites (N-methyl/N-ethyl adjacent to an activating group) is 1. The van der Waals surface area contributed by atoms with Gasteiger partial charge in [-0.3, -0.25) is 4.79 Å². The van der Waals surface area contributed by atoms with Gasteiger partial charge in [0.25, 0.3) is 5.56 Å². The van der Waals surface area contributed by atoms with E-state index in [-0.39, 0.29) is 24.7 Å². The quantitative estimate of drug-likeness (QED) is 0.893. The Balaban J connectivity index is 2.29. The number of carbonyl (C=O) groups is 1. The number of aryl methyl sites for hydroxylation is 1. The normalized spacial score (nSPS) is 10.6. The second-order valence-corrected chi connectivity index (χ2v) is 4.77. The Bertz CT molecular complexity index is 709. The van der Waals surface area contributed by atoms with E-state index in [0.29, 0.717) is 17.6 Å². The number of nitrogens with zero attached hydrogens (tertiary/aromatic N) is 2. The molecule has 2 aromatic rings. The van der Waals surface area contributed by atoms with Crippen molar-refractivity contribution in [2.45, 2.75) is 6.92 Å². The molecule has 0 unspecified atom stereocenters. The zero-order valence-electron chi connectivity index (χ0n) is 12.2. The van der Waals surface area contributed by atoms with Crippen molar-refractivity contribution in [1.29, 1.82) is 0 Å². The Morgan fingerprint density at radius 2 is 2.14 bits per heavy atom. The summed E-state index contributed by atoms with van der Waals surface area (Å²) < 4.78 is 1.50. The molecule has 0 aliphatic rings. The third-order valence-electron chi connectivity index (χ3n) is 3.37. The standard InChI is InChI=1S/C15H19N3O3/c1-3-18(8-9-19)15(21)16-12-5-4-11-6-7-17(2)14(20)13(11)10-12/h4-7,10,19H,3,8-9H2,1-2H3,(H,16,21). The Morgan fingerprint density at radius 1 is 1.38 bits per heavy atom. The van der Waals surface area contributed by atoms with Gasteiger partial charge in [-0.2, -0.15) is 0 Å². The summed E-state index contributed by atoms with van der Waals surface area (Å²) in [6.45, 7) is 2.53. The second-order valence-electron chi connectivity index (χ2n) is 4.77. The lowest BCUT2D eigenvalue weighted by atomic mass is 10.1. The van der Waals surface area contributed by atoms with Crippen molar-refractivity contribution in [3.05, 3.63) is 40.8 Å². The van der Waals surface area contributed by atoms with Crippen molar-refractivity contribution in [2.75, 3.05) is 25.0 Å². The van der Waals surface area contributed by atoms with Gasteiger partial charge in [-0.1, -0.05) is 6.07 Å². The molecule has 0 aliphatic heterocycles.